The van der Waals surface area contributed by atoms with Crippen LogP contribution in [0.15, 0.2) is 18.2 Å². The van der Waals surface area contributed by atoms with Gasteiger partial charge >= 0.3 is 0 Å². The van der Waals surface area contributed by atoms with Gasteiger partial charge in [-0.3, -0.25) is 0 Å². The fraction of sp³-hybridized carbons (Fsp3) is 0.600. The maximum atomic E-state index is 13.8. The van der Waals surface area contributed by atoms with Gasteiger partial charge in [0, 0.05) is 24.3 Å². The van der Waals surface area contributed by atoms with Crippen LogP contribution in [0.3, 0.4) is 0 Å². The third kappa shape index (κ3) is 2.66. The third-order valence-corrected chi connectivity index (χ3v) is 3.77. The molecule has 0 radical (unpaired) electrons. The second-order valence-corrected chi connectivity index (χ2v) is 5.24. The summed E-state index contributed by atoms with van der Waals surface area (Å²) < 4.78 is 13.8. The largest absolute Gasteiger partial charge is 0.389 e. The van der Waals surface area contributed by atoms with Gasteiger partial charge < -0.3 is 10.0 Å². The quantitative estimate of drug-likeness (QED) is 0.885. The van der Waals surface area contributed by atoms with Crippen molar-refractivity contribution in [3.63, 3.8) is 0 Å². The highest BCUT2D eigenvalue weighted by molar-refractivity contribution is 5.55. The minimum absolute atomic E-state index is 0.304. The Bertz CT molecular complexity index is 405. The Labute approximate surface area is 108 Å². The lowest BCUT2D eigenvalue weighted by Crippen LogP contribution is -2.22. The monoisotopic (exact) mass is 251 g/mol. The van der Waals surface area contributed by atoms with Crippen molar-refractivity contribution in [3.05, 3.63) is 29.6 Å². The van der Waals surface area contributed by atoms with E-state index >= 15 is 0 Å². The van der Waals surface area contributed by atoms with Gasteiger partial charge in [0.1, 0.15) is 5.82 Å². The normalized spacial score (nSPS) is 21.3. The van der Waals surface area contributed by atoms with Crippen LogP contribution in [0.2, 0.25) is 0 Å². The van der Waals surface area contributed by atoms with Crippen molar-refractivity contribution in [2.75, 3.05) is 18.0 Å². The molecular weight excluding hydrogens is 229 g/mol. The number of aliphatic hydroxyl groups excluding tert-OH is 1. The zero-order chi connectivity index (χ0) is 13.1. The Morgan fingerprint density at radius 1 is 1.50 bits per heavy atom. The highest BCUT2D eigenvalue weighted by atomic mass is 19.1. The first-order valence-electron chi connectivity index (χ1n) is 6.85. The number of anilines is 1. The van der Waals surface area contributed by atoms with Gasteiger partial charge in [0.2, 0.25) is 0 Å². The first-order valence-corrected chi connectivity index (χ1v) is 6.85. The lowest BCUT2D eigenvalue weighted by atomic mass is 10.0. The maximum absolute atomic E-state index is 13.8. The molecule has 0 spiro atoms. The molecule has 1 unspecified atom stereocenters. The molecule has 3 heteroatoms. The summed E-state index contributed by atoms with van der Waals surface area (Å²) in [6.07, 6.45) is 2.84. The van der Waals surface area contributed by atoms with Crippen LogP contribution in [0, 0.1) is 11.7 Å². The molecule has 0 aliphatic carbocycles. The molecule has 1 saturated heterocycles. The van der Waals surface area contributed by atoms with E-state index in [1.54, 1.807) is 13.0 Å². The first kappa shape index (κ1) is 13.3. The number of hydrogen-bond donors (Lipinski definition) is 1. The molecule has 100 valence electrons. The van der Waals surface area contributed by atoms with Crippen molar-refractivity contribution < 1.29 is 9.50 Å². The van der Waals surface area contributed by atoms with Crippen molar-refractivity contribution in [3.8, 4) is 0 Å². The van der Waals surface area contributed by atoms with Gasteiger partial charge in [-0.2, -0.15) is 0 Å². The SMILES string of the molecule is CCCC1CCN(c2cccc(F)c2[C@@H](C)O)C1. The maximum Gasteiger partial charge on any atom is 0.131 e. The minimum Gasteiger partial charge on any atom is -0.389 e. The average Bonchev–Trinajstić information content (AvgIpc) is 2.77. The van der Waals surface area contributed by atoms with Crippen molar-refractivity contribution in [2.24, 2.45) is 5.92 Å². The molecule has 1 aliphatic heterocycles. The highest BCUT2D eigenvalue weighted by Gasteiger charge is 2.25. The Balaban J connectivity index is 2.21. The smallest absolute Gasteiger partial charge is 0.131 e. The fourth-order valence-corrected chi connectivity index (χ4v) is 2.91. The predicted octanol–water partition coefficient (Wildman–Crippen LogP) is 3.51. The lowest BCUT2D eigenvalue weighted by molar-refractivity contribution is 0.194. The van der Waals surface area contributed by atoms with Crippen molar-refractivity contribution in [1.82, 2.24) is 0 Å². The standard InChI is InChI=1S/C15H22FNO/c1-3-5-12-8-9-17(10-12)14-7-4-6-13(16)15(14)11(2)18/h4,6-7,11-12,18H,3,5,8-10H2,1-2H3/t11-,12?/m1/s1. The van der Waals surface area contributed by atoms with E-state index in [-0.39, 0.29) is 5.82 Å². The average molecular weight is 251 g/mol. The van der Waals surface area contributed by atoms with Crippen LogP contribution in [0.4, 0.5) is 10.1 Å². The Morgan fingerprint density at radius 3 is 2.94 bits per heavy atom. The summed E-state index contributed by atoms with van der Waals surface area (Å²) >= 11 is 0. The Kier molecular flexibility index (Phi) is 4.23. The Hall–Kier alpha value is -1.09. The van der Waals surface area contributed by atoms with E-state index < -0.39 is 6.10 Å². The molecule has 2 atom stereocenters. The van der Waals surface area contributed by atoms with Crippen molar-refractivity contribution in [2.45, 2.75) is 39.2 Å². The van der Waals surface area contributed by atoms with E-state index in [9.17, 15) is 9.50 Å². The summed E-state index contributed by atoms with van der Waals surface area (Å²) in [7, 11) is 0. The van der Waals surface area contributed by atoms with Gasteiger partial charge in [-0.15, -0.1) is 0 Å². The minimum atomic E-state index is -0.758. The molecule has 1 aliphatic rings. The summed E-state index contributed by atoms with van der Waals surface area (Å²) in [5.41, 5.74) is 1.30. The second-order valence-electron chi connectivity index (χ2n) is 5.24. The van der Waals surface area contributed by atoms with Gasteiger partial charge in [0.05, 0.1) is 6.10 Å². The molecule has 1 heterocycles. The molecule has 1 aromatic carbocycles. The number of benzene rings is 1. The van der Waals surface area contributed by atoms with E-state index in [0.717, 1.165) is 18.8 Å². The van der Waals surface area contributed by atoms with Gasteiger partial charge in [-0.25, -0.2) is 4.39 Å². The van der Waals surface area contributed by atoms with Gasteiger partial charge in [-0.1, -0.05) is 19.4 Å². The summed E-state index contributed by atoms with van der Waals surface area (Å²) in [4.78, 5) is 2.21. The molecule has 0 amide bonds. The summed E-state index contributed by atoms with van der Waals surface area (Å²) in [5, 5.41) is 9.75. The Morgan fingerprint density at radius 2 is 2.28 bits per heavy atom. The molecule has 1 N–H and O–H groups in total. The molecule has 0 aromatic heterocycles. The van der Waals surface area contributed by atoms with Gasteiger partial charge in [0.15, 0.2) is 0 Å². The zero-order valence-electron chi connectivity index (χ0n) is 11.2. The number of nitrogens with zero attached hydrogens (tertiary/aromatic N) is 1. The molecule has 1 fully saturated rings. The van der Waals surface area contributed by atoms with Crippen LogP contribution < -0.4 is 4.90 Å². The van der Waals surface area contributed by atoms with Crippen LogP contribution >= 0.6 is 0 Å². The zero-order valence-corrected chi connectivity index (χ0v) is 11.2. The van der Waals surface area contributed by atoms with E-state index in [4.69, 9.17) is 0 Å². The molecule has 2 nitrogen and oxygen atoms in total. The number of hydrogen-bond acceptors (Lipinski definition) is 2. The molecule has 2 rings (SSSR count). The fourth-order valence-electron chi connectivity index (χ4n) is 2.91. The van der Waals surface area contributed by atoms with Crippen molar-refractivity contribution in [1.29, 1.82) is 0 Å². The molecule has 18 heavy (non-hydrogen) atoms. The van der Waals surface area contributed by atoms with Crippen LogP contribution in [-0.4, -0.2) is 18.2 Å². The molecule has 0 bridgehead atoms. The number of aliphatic hydroxyl groups is 1. The highest BCUT2D eigenvalue weighted by Crippen LogP contribution is 2.33. The second kappa shape index (κ2) is 5.70. The lowest BCUT2D eigenvalue weighted by Gasteiger charge is -2.23. The summed E-state index contributed by atoms with van der Waals surface area (Å²) in [6.45, 7) is 5.78. The number of rotatable bonds is 4. The van der Waals surface area contributed by atoms with Crippen molar-refractivity contribution >= 4 is 5.69 Å². The molecule has 1 aromatic rings. The summed E-state index contributed by atoms with van der Waals surface area (Å²) in [6, 6.07) is 5.06. The topological polar surface area (TPSA) is 23.5 Å². The van der Waals surface area contributed by atoms with Crippen LogP contribution in [0.1, 0.15) is 44.8 Å². The van der Waals surface area contributed by atoms with E-state index in [1.807, 2.05) is 6.07 Å². The third-order valence-electron chi connectivity index (χ3n) is 3.77. The van der Waals surface area contributed by atoms with Gasteiger partial charge in [0.25, 0.3) is 0 Å². The van der Waals surface area contributed by atoms with Gasteiger partial charge in [-0.05, 0) is 37.8 Å². The predicted molar refractivity (Wildman–Crippen MR) is 72.3 cm³/mol. The molecular formula is C15H22FNO. The van der Waals surface area contributed by atoms with E-state index in [1.165, 1.54) is 25.3 Å². The summed E-state index contributed by atoms with van der Waals surface area (Å²) in [5.74, 6) is 0.404. The van der Waals surface area contributed by atoms with Crippen LogP contribution in [-0.2, 0) is 0 Å². The first-order chi connectivity index (χ1) is 8.63. The van der Waals surface area contributed by atoms with Crippen LogP contribution in [0.25, 0.3) is 0 Å². The van der Waals surface area contributed by atoms with E-state index in [2.05, 4.69) is 11.8 Å². The molecule has 0 saturated carbocycles. The van der Waals surface area contributed by atoms with E-state index in [0.29, 0.717) is 11.5 Å². The number of halogens is 1. The van der Waals surface area contributed by atoms with Crippen LogP contribution in [0.5, 0.6) is 0 Å².